The Balaban J connectivity index is 1.47. The average Bonchev–Trinajstić information content (AvgIpc) is 3.15. The SMILES string of the molecule is CC(Sc1nnnn1-c1ccccc1)C(=O)N1CCc2ccccc2C1. The molecule has 1 aliphatic heterocycles. The molecular formula is C19H19N5OS. The van der Waals surface area contributed by atoms with Gasteiger partial charge in [-0.1, -0.05) is 54.2 Å². The van der Waals surface area contributed by atoms with Crippen molar-refractivity contribution in [3.05, 3.63) is 65.7 Å². The van der Waals surface area contributed by atoms with Crippen molar-refractivity contribution in [2.24, 2.45) is 0 Å². The molecule has 0 saturated carbocycles. The van der Waals surface area contributed by atoms with Crippen molar-refractivity contribution in [2.45, 2.75) is 30.3 Å². The van der Waals surface area contributed by atoms with Gasteiger partial charge in [0.15, 0.2) is 0 Å². The van der Waals surface area contributed by atoms with Crippen molar-refractivity contribution in [1.29, 1.82) is 0 Å². The Hall–Kier alpha value is -2.67. The van der Waals surface area contributed by atoms with E-state index in [0.717, 1.165) is 18.7 Å². The van der Waals surface area contributed by atoms with Gasteiger partial charge in [-0.2, -0.15) is 4.68 Å². The van der Waals surface area contributed by atoms with E-state index in [-0.39, 0.29) is 11.2 Å². The van der Waals surface area contributed by atoms with E-state index in [9.17, 15) is 4.79 Å². The number of amides is 1. The second-order valence-corrected chi connectivity index (χ2v) is 7.56. The van der Waals surface area contributed by atoms with Gasteiger partial charge in [-0.05, 0) is 47.0 Å². The fraction of sp³-hybridized carbons (Fsp3) is 0.263. The highest BCUT2D eigenvalue weighted by Gasteiger charge is 2.26. The van der Waals surface area contributed by atoms with Crippen LogP contribution in [-0.2, 0) is 17.8 Å². The fourth-order valence-electron chi connectivity index (χ4n) is 3.13. The minimum absolute atomic E-state index is 0.118. The zero-order chi connectivity index (χ0) is 17.9. The lowest BCUT2D eigenvalue weighted by atomic mass is 10.00. The lowest BCUT2D eigenvalue weighted by Gasteiger charge is -2.30. The van der Waals surface area contributed by atoms with Crippen LogP contribution in [0.2, 0.25) is 0 Å². The summed E-state index contributed by atoms with van der Waals surface area (Å²) in [4.78, 5) is 14.8. The van der Waals surface area contributed by atoms with Crippen LogP contribution in [0.4, 0.5) is 0 Å². The Morgan fingerprint density at radius 1 is 1.08 bits per heavy atom. The van der Waals surface area contributed by atoms with E-state index >= 15 is 0 Å². The van der Waals surface area contributed by atoms with Crippen LogP contribution in [0.25, 0.3) is 5.69 Å². The van der Waals surface area contributed by atoms with E-state index in [4.69, 9.17) is 0 Å². The number of nitrogens with zero attached hydrogens (tertiary/aromatic N) is 5. The molecule has 6 nitrogen and oxygen atoms in total. The Labute approximate surface area is 156 Å². The molecule has 0 bridgehead atoms. The van der Waals surface area contributed by atoms with Crippen LogP contribution in [0.15, 0.2) is 59.8 Å². The second-order valence-electron chi connectivity index (χ2n) is 6.25. The van der Waals surface area contributed by atoms with Gasteiger partial charge in [0.2, 0.25) is 11.1 Å². The van der Waals surface area contributed by atoms with Crippen molar-refractivity contribution in [1.82, 2.24) is 25.1 Å². The van der Waals surface area contributed by atoms with Gasteiger partial charge in [0.05, 0.1) is 10.9 Å². The minimum Gasteiger partial charge on any atom is -0.337 e. The highest BCUT2D eigenvalue weighted by Crippen LogP contribution is 2.26. The molecule has 0 fully saturated rings. The highest BCUT2D eigenvalue weighted by molar-refractivity contribution is 8.00. The fourth-order valence-corrected chi connectivity index (χ4v) is 4.02. The zero-order valence-electron chi connectivity index (χ0n) is 14.4. The van der Waals surface area contributed by atoms with Gasteiger partial charge in [0, 0.05) is 13.1 Å². The number of hydrogen-bond acceptors (Lipinski definition) is 5. The number of fused-ring (bicyclic) bond motifs is 1. The van der Waals surface area contributed by atoms with Gasteiger partial charge in [-0.15, -0.1) is 5.10 Å². The number of thioether (sulfide) groups is 1. The standard InChI is InChI=1S/C19H19N5OS/c1-14(18(25)23-12-11-15-7-5-6-8-16(15)13-23)26-19-20-21-22-24(19)17-9-3-2-4-10-17/h2-10,14H,11-13H2,1H3. The molecule has 3 aromatic rings. The molecule has 1 aliphatic rings. The number of benzene rings is 2. The van der Waals surface area contributed by atoms with Crippen molar-refractivity contribution in [3.63, 3.8) is 0 Å². The first-order valence-electron chi connectivity index (χ1n) is 8.58. The van der Waals surface area contributed by atoms with Crippen LogP contribution >= 0.6 is 11.8 Å². The lowest BCUT2D eigenvalue weighted by molar-refractivity contribution is -0.131. The van der Waals surface area contributed by atoms with Crippen molar-refractivity contribution >= 4 is 17.7 Å². The summed E-state index contributed by atoms with van der Waals surface area (Å²) in [5.41, 5.74) is 3.45. The van der Waals surface area contributed by atoms with E-state index in [2.05, 4.69) is 33.7 Å². The van der Waals surface area contributed by atoms with Gasteiger partial charge < -0.3 is 4.90 Å². The summed E-state index contributed by atoms with van der Waals surface area (Å²) in [5, 5.41) is 12.3. The van der Waals surface area contributed by atoms with Crippen molar-refractivity contribution in [2.75, 3.05) is 6.54 Å². The third-order valence-electron chi connectivity index (χ3n) is 4.51. The number of rotatable bonds is 4. The number of aromatic nitrogens is 4. The summed E-state index contributed by atoms with van der Waals surface area (Å²) in [7, 11) is 0. The first-order valence-corrected chi connectivity index (χ1v) is 9.46. The van der Waals surface area contributed by atoms with Gasteiger partial charge >= 0.3 is 0 Å². The number of carbonyl (C=O) groups is 1. The lowest BCUT2D eigenvalue weighted by Crippen LogP contribution is -2.40. The van der Waals surface area contributed by atoms with E-state index in [1.54, 1.807) is 4.68 Å². The molecule has 1 aromatic heterocycles. The molecule has 0 N–H and O–H groups in total. The maximum atomic E-state index is 12.9. The Bertz CT molecular complexity index is 911. The molecule has 4 rings (SSSR count). The first kappa shape index (κ1) is 16.8. The predicted octanol–water partition coefficient (Wildman–Crippen LogP) is 2.73. The minimum atomic E-state index is -0.256. The second kappa shape index (κ2) is 7.29. The maximum absolute atomic E-state index is 12.9. The summed E-state index contributed by atoms with van der Waals surface area (Å²) < 4.78 is 1.67. The summed E-state index contributed by atoms with van der Waals surface area (Å²) in [5.74, 6) is 0.118. The Kier molecular flexibility index (Phi) is 4.71. The van der Waals surface area contributed by atoms with Crippen LogP contribution in [0.1, 0.15) is 18.1 Å². The molecular weight excluding hydrogens is 346 g/mol. The quantitative estimate of drug-likeness (QED) is 0.665. The summed E-state index contributed by atoms with van der Waals surface area (Å²) in [6.45, 7) is 3.34. The van der Waals surface area contributed by atoms with E-state index in [1.165, 1.54) is 22.9 Å². The number of tetrazole rings is 1. The molecule has 0 saturated heterocycles. The van der Waals surface area contributed by atoms with Crippen LogP contribution in [0, 0.1) is 0 Å². The third kappa shape index (κ3) is 3.35. The average molecular weight is 365 g/mol. The Morgan fingerprint density at radius 2 is 1.81 bits per heavy atom. The topological polar surface area (TPSA) is 63.9 Å². The zero-order valence-corrected chi connectivity index (χ0v) is 15.3. The molecule has 7 heteroatoms. The van der Waals surface area contributed by atoms with Gasteiger partial charge in [-0.3, -0.25) is 4.79 Å². The first-order chi connectivity index (χ1) is 12.7. The molecule has 0 radical (unpaired) electrons. The smallest absolute Gasteiger partial charge is 0.236 e. The van der Waals surface area contributed by atoms with Crippen LogP contribution in [0.5, 0.6) is 0 Å². The van der Waals surface area contributed by atoms with Crippen LogP contribution in [0.3, 0.4) is 0 Å². The molecule has 26 heavy (non-hydrogen) atoms. The van der Waals surface area contributed by atoms with Crippen LogP contribution < -0.4 is 0 Å². The van der Waals surface area contributed by atoms with E-state index in [1.807, 2.05) is 48.2 Å². The predicted molar refractivity (Wildman–Crippen MR) is 100 cm³/mol. The molecule has 132 valence electrons. The van der Waals surface area contributed by atoms with Crippen molar-refractivity contribution in [3.8, 4) is 5.69 Å². The molecule has 2 aromatic carbocycles. The van der Waals surface area contributed by atoms with E-state index in [0.29, 0.717) is 11.7 Å². The Morgan fingerprint density at radius 3 is 2.62 bits per heavy atom. The molecule has 1 amide bonds. The van der Waals surface area contributed by atoms with Gasteiger partial charge in [0.1, 0.15) is 0 Å². The highest BCUT2D eigenvalue weighted by atomic mass is 32.2. The summed E-state index contributed by atoms with van der Waals surface area (Å²) in [6, 6.07) is 18.0. The molecule has 0 aliphatic carbocycles. The number of carbonyl (C=O) groups excluding carboxylic acids is 1. The van der Waals surface area contributed by atoms with Crippen molar-refractivity contribution < 1.29 is 4.79 Å². The largest absolute Gasteiger partial charge is 0.337 e. The summed E-state index contributed by atoms with van der Waals surface area (Å²) >= 11 is 1.39. The maximum Gasteiger partial charge on any atom is 0.236 e. The third-order valence-corrected chi connectivity index (χ3v) is 5.53. The van der Waals surface area contributed by atoms with Gasteiger partial charge in [-0.25, -0.2) is 0 Å². The monoisotopic (exact) mass is 365 g/mol. The van der Waals surface area contributed by atoms with Crippen LogP contribution in [-0.4, -0.2) is 42.8 Å². The number of hydrogen-bond donors (Lipinski definition) is 0. The normalized spacial score (nSPS) is 14.7. The molecule has 1 atom stereocenters. The molecule has 1 unspecified atom stereocenters. The summed E-state index contributed by atoms with van der Waals surface area (Å²) in [6.07, 6.45) is 0.904. The number of para-hydroxylation sites is 1. The molecule has 0 spiro atoms. The van der Waals surface area contributed by atoms with E-state index < -0.39 is 0 Å². The molecule has 2 heterocycles. The van der Waals surface area contributed by atoms with Gasteiger partial charge in [0.25, 0.3) is 0 Å².